The first-order valence-corrected chi connectivity index (χ1v) is 6.66. The van der Waals surface area contributed by atoms with Crippen LogP contribution in [0.2, 0.25) is 0 Å². The minimum Gasteiger partial charge on any atom is -0.366 e. The average Bonchev–Trinajstić information content (AvgIpc) is 2.84. The summed E-state index contributed by atoms with van der Waals surface area (Å²) in [6.07, 6.45) is 3.08. The van der Waals surface area contributed by atoms with Crippen LogP contribution in [0.1, 0.15) is 11.5 Å². The highest BCUT2D eigenvalue weighted by Crippen LogP contribution is 2.15. The van der Waals surface area contributed by atoms with Gasteiger partial charge < -0.3 is 9.88 Å². The first-order valence-electron chi connectivity index (χ1n) is 6.66. The maximum atomic E-state index is 8.98. The van der Waals surface area contributed by atoms with Crippen molar-refractivity contribution in [2.24, 2.45) is 0 Å². The number of hydrogen-bond donors (Lipinski definition) is 1. The predicted octanol–water partition coefficient (Wildman–Crippen LogP) is 2.12. The second kappa shape index (κ2) is 5.59. The molecule has 0 bridgehead atoms. The van der Waals surface area contributed by atoms with Crippen LogP contribution in [0, 0.1) is 18.3 Å². The maximum absolute atomic E-state index is 8.98. The summed E-state index contributed by atoms with van der Waals surface area (Å²) in [4.78, 5) is 12.6. The molecule has 0 aliphatic carbocycles. The third kappa shape index (κ3) is 2.54. The van der Waals surface area contributed by atoms with E-state index < -0.39 is 0 Å². The number of nitriles is 1. The number of nitrogens with zero attached hydrogens (tertiary/aromatic N) is 5. The zero-order valence-corrected chi connectivity index (χ0v) is 11.6. The molecule has 2 heterocycles. The monoisotopic (exact) mass is 278 g/mol. The van der Waals surface area contributed by atoms with Crippen LogP contribution in [0.3, 0.4) is 0 Å². The van der Waals surface area contributed by atoms with Gasteiger partial charge in [-0.3, -0.25) is 0 Å². The number of hydrogen-bond acceptors (Lipinski definition) is 5. The van der Waals surface area contributed by atoms with Gasteiger partial charge in [-0.05, 0) is 19.1 Å². The van der Waals surface area contributed by atoms with Gasteiger partial charge in [0.2, 0.25) is 0 Å². The lowest BCUT2D eigenvalue weighted by molar-refractivity contribution is 0.719. The quantitative estimate of drug-likeness (QED) is 0.790. The molecule has 0 aliphatic heterocycles. The molecule has 0 atom stereocenters. The average molecular weight is 278 g/mol. The molecule has 6 heteroatoms. The Hall–Kier alpha value is -2.94. The summed E-state index contributed by atoms with van der Waals surface area (Å²) in [6, 6.07) is 10.1. The topological polar surface area (TPSA) is 79.4 Å². The highest BCUT2D eigenvalue weighted by Gasteiger charge is 2.07. The molecule has 0 radical (unpaired) electrons. The lowest BCUT2D eigenvalue weighted by atomic mass is 10.3. The second-order valence-corrected chi connectivity index (χ2v) is 4.59. The van der Waals surface area contributed by atoms with E-state index in [1.807, 2.05) is 31.2 Å². The molecule has 2 aromatic heterocycles. The molecule has 0 spiro atoms. The number of para-hydroxylation sites is 2. The Morgan fingerprint density at radius 1 is 1.24 bits per heavy atom. The SMILES string of the molecule is Cc1nc2ccccc2n1CCNc1nccnc1C#N. The third-order valence-electron chi connectivity index (χ3n) is 3.28. The summed E-state index contributed by atoms with van der Waals surface area (Å²) >= 11 is 0. The van der Waals surface area contributed by atoms with E-state index >= 15 is 0 Å². The Bertz CT molecular complexity index is 814. The van der Waals surface area contributed by atoms with Gasteiger partial charge in [0.1, 0.15) is 11.9 Å². The minimum absolute atomic E-state index is 0.310. The summed E-state index contributed by atoms with van der Waals surface area (Å²) in [7, 11) is 0. The normalized spacial score (nSPS) is 10.5. The summed E-state index contributed by atoms with van der Waals surface area (Å²) in [5, 5.41) is 12.1. The van der Waals surface area contributed by atoms with Gasteiger partial charge in [-0.25, -0.2) is 15.0 Å². The van der Waals surface area contributed by atoms with Crippen molar-refractivity contribution in [1.29, 1.82) is 5.26 Å². The van der Waals surface area contributed by atoms with Gasteiger partial charge in [0.25, 0.3) is 0 Å². The van der Waals surface area contributed by atoms with Crippen molar-refractivity contribution in [1.82, 2.24) is 19.5 Å². The number of fused-ring (bicyclic) bond motifs is 1. The van der Waals surface area contributed by atoms with Crippen LogP contribution in [-0.4, -0.2) is 26.1 Å². The molecule has 21 heavy (non-hydrogen) atoms. The molecule has 0 saturated carbocycles. The van der Waals surface area contributed by atoms with Gasteiger partial charge in [-0.1, -0.05) is 12.1 Å². The number of nitrogens with one attached hydrogen (secondary N) is 1. The van der Waals surface area contributed by atoms with Gasteiger partial charge >= 0.3 is 0 Å². The predicted molar refractivity (Wildman–Crippen MR) is 79.7 cm³/mol. The zero-order valence-electron chi connectivity index (χ0n) is 11.6. The maximum Gasteiger partial charge on any atom is 0.182 e. The molecule has 6 nitrogen and oxygen atoms in total. The van der Waals surface area contributed by atoms with E-state index in [-0.39, 0.29) is 0 Å². The van der Waals surface area contributed by atoms with Gasteiger partial charge in [0.15, 0.2) is 11.5 Å². The number of imidazole rings is 1. The first-order chi connectivity index (χ1) is 10.3. The van der Waals surface area contributed by atoms with Gasteiger partial charge in [0.05, 0.1) is 11.0 Å². The molecule has 1 N–H and O–H groups in total. The van der Waals surface area contributed by atoms with E-state index in [1.165, 1.54) is 6.20 Å². The minimum atomic E-state index is 0.310. The van der Waals surface area contributed by atoms with E-state index in [9.17, 15) is 0 Å². The first kappa shape index (κ1) is 13.1. The van der Waals surface area contributed by atoms with E-state index in [2.05, 4.69) is 30.9 Å². The van der Waals surface area contributed by atoms with Gasteiger partial charge in [0, 0.05) is 25.5 Å². The summed E-state index contributed by atoms with van der Waals surface area (Å²) in [5.74, 6) is 1.49. The standard InChI is InChI=1S/C15H14N6/c1-11-20-12-4-2-3-5-14(12)21(11)9-8-19-15-13(10-16)17-6-7-18-15/h2-7H,8-9H2,1H3,(H,18,19). The highest BCUT2D eigenvalue weighted by atomic mass is 15.1. The largest absolute Gasteiger partial charge is 0.366 e. The molecule has 3 aromatic rings. The van der Waals surface area contributed by atoms with Crippen LogP contribution in [0.25, 0.3) is 11.0 Å². The van der Waals surface area contributed by atoms with E-state index in [0.717, 1.165) is 23.4 Å². The van der Waals surface area contributed by atoms with Crippen LogP contribution < -0.4 is 5.32 Å². The fraction of sp³-hybridized carbons (Fsp3) is 0.200. The van der Waals surface area contributed by atoms with Crippen molar-refractivity contribution in [3.8, 4) is 6.07 Å². The Morgan fingerprint density at radius 3 is 2.90 bits per heavy atom. The van der Waals surface area contributed by atoms with Crippen molar-refractivity contribution in [2.45, 2.75) is 13.5 Å². The molecule has 0 fully saturated rings. The van der Waals surface area contributed by atoms with E-state index in [1.54, 1.807) is 6.20 Å². The molecular formula is C15H14N6. The lowest BCUT2D eigenvalue weighted by Crippen LogP contribution is -2.13. The fourth-order valence-corrected chi connectivity index (χ4v) is 2.31. The van der Waals surface area contributed by atoms with Crippen LogP contribution in [0.4, 0.5) is 5.82 Å². The van der Waals surface area contributed by atoms with Crippen molar-refractivity contribution in [3.63, 3.8) is 0 Å². The second-order valence-electron chi connectivity index (χ2n) is 4.59. The van der Waals surface area contributed by atoms with Crippen molar-refractivity contribution in [2.75, 3.05) is 11.9 Å². The van der Waals surface area contributed by atoms with E-state index in [4.69, 9.17) is 5.26 Å². The van der Waals surface area contributed by atoms with Crippen LogP contribution in [-0.2, 0) is 6.54 Å². The number of anilines is 1. The Balaban J connectivity index is 1.76. The molecular weight excluding hydrogens is 264 g/mol. The Labute approximate surface area is 122 Å². The third-order valence-corrected chi connectivity index (χ3v) is 3.28. The molecule has 0 amide bonds. The molecule has 3 rings (SSSR count). The van der Waals surface area contributed by atoms with Crippen LogP contribution >= 0.6 is 0 Å². The molecule has 104 valence electrons. The van der Waals surface area contributed by atoms with Crippen LogP contribution in [0.15, 0.2) is 36.7 Å². The molecule has 0 aliphatic rings. The Kier molecular flexibility index (Phi) is 3.48. The number of aryl methyl sites for hydroxylation is 1. The fourth-order valence-electron chi connectivity index (χ4n) is 2.31. The molecule has 0 unspecified atom stereocenters. The zero-order chi connectivity index (χ0) is 14.7. The number of benzene rings is 1. The Morgan fingerprint density at radius 2 is 2.05 bits per heavy atom. The van der Waals surface area contributed by atoms with Crippen molar-refractivity contribution >= 4 is 16.9 Å². The van der Waals surface area contributed by atoms with Crippen LogP contribution in [0.5, 0.6) is 0 Å². The number of aromatic nitrogens is 4. The molecule has 0 saturated heterocycles. The summed E-state index contributed by atoms with van der Waals surface area (Å²) in [5.41, 5.74) is 2.41. The van der Waals surface area contributed by atoms with Crippen molar-refractivity contribution < 1.29 is 0 Å². The lowest BCUT2D eigenvalue weighted by Gasteiger charge is -2.09. The van der Waals surface area contributed by atoms with Crippen molar-refractivity contribution in [3.05, 3.63) is 48.2 Å². The smallest absolute Gasteiger partial charge is 0.182 e. The van der Waals surface area contributed by atoms with Gasteiger partial charge in [-0.2, -0.15) is 5.26 Å². The van der Waals surface area contributed by atoms with Gasteiger partial charge in [-0.15, -0.1) is 0 Å². The highest BCUT2D eigenvalue weighted by molar-refractivity contribution is 5.75. The summed E-state index contributed by atoms with van der Waals surface area (Å²) in [6.45, 7) is 3.38. The summed E-state index contributed by atoms with van der Waals surface area (Å²) < 4.78 is 2.14. The van der Waals surface area contributed by atoms with E-state index in [0.29, 0.717) is 18.1 Å². The number of rotatable bonds is 4. The molecule has 1 aromatic carbocycles.